The minimum atomic E-state index is -0.579. The molecule has 0 radical (unpaired) electrons. The number of nitrogens with zero attached hydrogens (tertiary/aromatic N) is 2. The number of aromatic nitrogens is 1. The number of carbonyl (C=O) groups is 1. The number of benzene rings is 1. The topological polar surface area (TPSA) is 54.7 Å². The fourth-order valence-electron chi connectivity index (χ4n) is 4.38. The summed E-state index contributed by atoms with van der Waals surface area (Å²) < 4.78 is 20.9. The smallest absolute Gasteiger partial charge is 0.255 e. The van der Waals surface area contributed by atoms with Gasteiger partial charge in [0.05, 0.1) is 11.7 Å². The molecular formula is C21H25FN2O3. The van der Waals surface area contributed by atoms with Gasteiger partial charge in [0.1, 0.15) is 17.7 Å². The standard InChI is InChI=1S/C21H25FN2O3/c1-13-18(7-8-23(13)2)21(26)24-11-14-9-19(25)20(10-15(14)12-24)27-17-5-3-16(22)4-6-17/h3-8,14-15,19-20,25H,9-12H2,1-2H3/t14-,15+,19+,20+/m0/s1. The number of rotatable bonds is 3. The quantitative estimate of drug-likeness (QED) is 0.901. The van der Waals surface area contributed by atoms with E-state index in [0.29, 0.717) is 43.5 Å². The second-order valence-electron chi connectivity index (χ2n) is 7.80. The summed E-state index contributed by atoms with van der Waals surface area (Å²) in [4.78, 5) is 14.8. The van der Waals surface area contributed by atoms with Crippen LogP contribution >= 0.6 is 0 Å². The van der Waals surface area contributed by atoms with Crippen LogP contribution in [-0.4, -0.2) is 45.8 Å². The van der Waals surface area contributed by atoms with E-state index >= 15 is 0 Å². The Morgan fingerprint density at radius 3 is 2.44 bits per heavy atom. The average Bonchev–Trinajstić information content (AvgIpc) is 3.20. The van der Waals surface area contributed by atoms with E-state index in [4.69, 9.17) is 4.74 Å². The van der Waals surface area contributed by atoms with Crippen LogP contribution in [0.3, 0.4) is 0 Å². The molecule has 1 aromatic heterocycles. The predicted octanol–water partition coefficient (Wildman–Crippen LogP) is 2.76. The van der Waals surface area contributed by atoms with E-state index in [1.165, 1.54) is 12.1 Å². The van der Waals surface area contributed by atoms with Gasteiger partial charge in [-0.25, -0.2) is 4.39 Å². The Kier molecular flexibility index (Phi) is 4.68. The lowest BCUT2D eigenvalue weighted by Crippen LogP contribution is -2.42. The Bertz CT molecular complexity index is 832. The van der Waals surface area contributed by atoms with E-state index in [9.17, 15) is 14.3 Å². The normalized spacial score (nSPS) is 27.5. The van der Waals surface area contributed by atoms with Gasteiger partial charge in [-0.2, -0.15) is 0 Å². The molecule has 2 fully saturated rings. The summed E-state index contributed by atoms with van der Waals surface area (Å²) in [7, 11) is 1.93. The number of carbonyl (C=O) groups excluding carboxylic acids is 1. The second kappa shape index (κ2) is 7.00. The molecule has 1 aliphatic carbocycles. The molecule has 2 aliphatic rings. The molecule has 1 N–H and O–H groups in total. The number of aliphatic hydroxyl groups excluding tert-OH is 1. The number of ether oxygens (including phenoxy) is 1. The highest BCUT2D eigenvalue weighted by Crippen LogP contribution is 2.38. The van der Waals surface area contributed by atoms with Crippen molar-refractivity contribution in [3.05, 3.63) is 53.6 Å². The Morgan fingerprint density at radius 1 is 1.15 bits per heavy atom. The van der Waals surface area contributed by atoms with Gasteiger partial charge >= 0.3 is 0 Å². The first-order chi connectivity index (χ1) is 12.9. The monoisotopic (exact) mass is 372 g/mol. The van der Waals surface area contributed by atoms with Crippen molar-refractivity contribution in [2.45, 2.75) is 32.0 Å². The molecule has 27 heavy (non-hydrogen) atoms. The van der Waals surface area contributed by atoms with Gasteiger partial charge < -0.3 is 19.3 Å². The van der Waals surface area contributed by atoms with Crippen LogP contribution < -0.4 is 4.74 Å². The Labute approximate surface area is 158 Å². The van der Waals surface area contributed by atoms with E-state index < -0.39 is 6.10 Å². The summed E-state index contributed by atoms with van der Waals surface area (Å²) in [6.07, 6.45) is 2.31. The number of hydrogen-bond donors (Lipinski definition) is 1. The van der Waals surface area contributed by atoms with Gasteiger partial charge in [-0.05, 0) is 61.9 Å². The third-order valence-electron chi connectivity index (χ3n) is 6.09. The summed E-state index contributed by atoms with van der Waals surface area (Å²) >= 11 is 0. The van der Waals surface area contributed by atoms with Crippen LogP contribution in [0.4, 0.5) is 4.39 Å². The van der Waals surface area contributed by atoms with Crippen molar-refractivity contribution in [3.63, 3.8) is 0 Å². The Balaban J connectivity index is 1.43. The Morgan fingerprint density at radius 2 is 1.81 bits per heavy atom. The third kappa shape index (κ3) is 3.46. The lowest BCUT2D eigenvalue weighted by molar-refractivity contribution is -0.0231. The number of amides is 1. The van der Waals surface area contributed by atoms with Gasteiger partial charge in [-0.15, -0.1) is 0 Å². The number of halogens is 1. The molecule has 1 aromatic carbocycles. The minimum Gasteiger partial charge on any atom is -0.488 e. The van der Waals surface area contributed by atoms with Gasteiger partial charge in [-0.3, -0.25) is 4.79 Å². The number of aliphatic hydroxyl groups is 1. The molecule has 2 aromatic rings. The van der Waals surface area contributed by atoms with E-state index in [0.717, 1.165) is 11.3 Å². The van der Waals surface area contributed by atoms with E-state index in [2.05, 4.69) is 0 Å². The molecule has 1 saturated heterocycles. The molecule has 2 heterocycles. The van der Waals surface area contributed by atoms with Crippen LogP contribution in [-0.2, 0) is 7.05 Å². The minimum absolute atomic E-state index is 0.0630. The summed E-state index contributed by atoms with van der Waals surface area (Å²) in [6.45, 7) is 3.32. The van der Waals surface area contributed by atoms with Crippen molar-refractivity contribution in [1.82, 2.24) is 9.47 Å². The fraction of sp³-hybridized carbons (Fsp3) is 0.476. The third-order valence-corrected chi connectivity index (χ3v) is 6.09. The zero-order valence-corrected chi connectivity index (χ0v) is 15.6. The molecular weight excluding hydrogens is 347 g/mol. The molecule has 144 valence electrons. The zero-order chi connectivity index (χ0) is 19.1. The van der Waals surface area contributed by atoms with Crippen molar-refractivity contribution in [2.75, 3.05) is 13.1 Å². The molecule has 4 rings (SSSR count). The van der Waals surface area contributed by atoms with Crippen molar-refractivity contribution >= 4 is 5.91 Å². The largest absolute Gasteiger partial charge is 0.488 e. The first-order valence-electron chi connectivity index (χ1n) is 9.44. The lowest BCUT2D eigenvalue weighted by atomic mass is 9.78. The second-order valence-corrected chi connectivity index (χ2v) is 7.80. The summed E-state index contributed by atoms with van der Waals surface area (Å²) in [6, 6.07) is 7.74. The van der Waals surface area contributed by atoms with Crippen LogP contribution in [0.1, 0.15) is 28.9 Å². The van der Waals surface area contributed by atoms with Gasteiger partial charge in [0, 0.05) is 32.0 Å². The van der Waals surface area contributed by atoms with Crippen molar-refractivity contribution in [3.8, 4) is 5.75 Å². The first kappa shape index (κ1) is 18.0. The maximum atomic E-state index is 13.1. The highest BCUT2D eigenvalue weighted by molar-refractivity contribution is 5.95. The summed E-state index contributed by atoms with van der Waals surface area (Å²) in [5, 5.41) is 10.5. The molecule has 0 bridgehead atoms. The Hall–Kier alpha value is -2.34. The van der Waals surface area contributed by atoms with Gasteiger partial charge in [0.15, 0.2) is 0 Å². The molecule has 1 aliphatic heterocycles. The number of aryl methyl sites for hydroxylation is 1. The van der Waals surface area contributed by atoms with Gasteiger partial charge in [0.25, 0.3) is 5.91 Å². The van der Waals surface area contributed by atoms with Crippen LogP contribution in [0, 0.1) is 24.6 Å². The number of hydrogen-bond acceptors (Lipinski definition) is 3. The summed E-state index contributed by atoms with van der Waals surface area (Å²) in [5.41, 5.74) is 1.71. The van der Waals surface area contributed by atoms with Crippen LogP contribution in [0.15, 0.2) is 36.5 Å². The van der Waals surface area contributed by atoms with Crippen LogP contribution in [0.25, 0.3) is 0 Å². The highest BCUT2D eigenvalue weighted by Gasteiger charge is 2.44. The average molecular weight is 372 g/mol. The highest BCUT2D eigenvalue weighted by atomic mass is 19.1. The van der Waals surface area contributed by atoms with Crippen molar-refractivity contribution in [1.29, 1.82) is 0 Å². The molecule has 0 spiro atoms. The fourth-order valence-corrected chi connectivity index (χ4v) is 4.38. The van der Waals surface area contributed by atoms with E-state index in [-0.39, 0.29) is 17.8 Å². The van der Waals surface area contributed by atoms with E-state index in [1.54, 1.807) is 12.1 Å². The van der Waals surface area contributed by atoms with Crippen LogP contribution in [0.2, 0.25) is 0 Å². The summed E-state index contributed by atoms with van der Waals surface area (Å²) in [5.74, 6) is 0.915. The molecule has 0 unspecified atom stereocenters. The maximum Gasteiger partial charge on any atom is 0.255 e. The number of fused-ring (bicyclic) bond motifs is 1. The maximum absolute atomic E-state index is 13.1. The van der Waals surface area contributed by atoms with Gasteiger partial charge in [-0.1, -0.05) is 0 Å². The molecule has 5 nitrogen and oxygen atoms in total. The molecule has 4 atom stereocenters. The lowest BCUT2D eigenvalue weighted by Gasteiger charge is -2.35. The zero-order valence-electron chi connectivity index (χ0n) is 15.6. The molecule has 1 amide bonds. The van der Waals surface area contributed by atoms with E-state index in [1.807, 2.05) is 35.7 Å². The van der Waals surface area contributed by atoms with Crippen molar-refractivity contribution in [2.24, 2.45) is 18.9 Å². The van der Waals surface area contributed by atoms with Crippen LogP contribution in [0.5, 0.6) is 5.75 Å². The number of likely N-dealkylation sites (tertiary alicyclic amines) is 1. The first-order valence-corrected chi connectivity index (χ1v) is 9.44. The molecule has 1 saturated carbocycles. The molecule has 6 heteroatoms. The predicted molar refractivity (Wildman–Crippen MR) is 99.1 cm³/mol. The SMILES string of the molecule is Cc1c(C(=O)N2C[C@H]3C[C@@H](Oc4ccc(F)cc4)[C@H](O)C[C@H]3C2)ccn1C. The van der Waals surface area contributed by atoms with Crippen molar-refractivity contribution < 1.29 is 19.0 Å². The van der Waals surface area contributed by atoms with Gasteiger partial charge in [0.2, 0.25) is 0 Å².